The predicted octanol–water partition coefficient (Wildman–Crippen LogP) is 1.97. The van der Waals surface area contributed by atoms with E-state index in [1.54, 1.807) is 18.2 Å². The smallest absolute Gasteiger partial charge is 0.295 e. The van der Waals surface area contributed by atoms with Crippen molar-refractivity contribution in [1.82, 2.24) is 14.8 Å². The summed E-state index contributed by atoms with van der Waals surface area (Å²) in [5, 5.41) is 21.9. The minimum absolute atomic E-state index is 0.0886. The zero-order valence-corrected chi connectivity index (χ0v) is 16.0. The SMILES string of the molecule is CN(C)CCN1C(=O)C(=O)/C(=C(\O)c2cccc([N+](=O)[O-])c2)C1c1ccccn1. The summed E-state index contributed by atoms with van der Waals surface area (Å²) in [5.41, 5.74) is 0.154. The number of amides is 1. The highest BCUT2D eigenvalue weighted by Gasteiger charge is 2.46. The summed E-state index contributed by atoms with van der Waals surface area (Å²) in [4.78, 5) is 43.5. The van der Waals surface area contributed by atoms with Gasteiger partial charge < -0.3 is 14.9 Å². The molecule has 2 heterocycles. The van der Waals surface area contributed by atoms with Crippen LogP contribution < -0.4 is 0 Å². The molecule has 0 bridgehead atoms. The molecule has 1 aromatic heterocycles. The Morgan fingerprint density at radius 2 is 2.00 bits per heavy atom. The summed E-state index contributed by atoms with van der Waals surface area (Å²) in [6, 6.07) is 9.52. The minimum atomic E-state index is -0.879. The molecule has 0 aliphatic carbocycles. The first-order valence-electron chi connectivity index (χ1n) is 8.90. The standard InChI is InChI=1S/C20H20N4O5/c1-22(2)10-11-23-17(15-8-3-4-9-21-15)16(19(26)20(23)27)18(25)13-6-5-7-14(12-13)24(28)29/h3-9,12,17,25H,10-11H2,1-2H3/b18-16-. The van der Waals surface area contributed by atoms with Crippen LogP contribution in [0.3, 0.4) is 0 Å². The molecular weight excluding hydrogens is 376 g/mol. The average molecular weight is 396 g/mol. The molecule has 1 aliphatic rings. The van der Waals surface area contributed by atoms with Crippen molar-refractivity contribution in [3.63, 3.8) is 0 Å². The number of Topliss-reactive ketones (excluding diaryl/α,β-unsaturated/α-hetero) is 1. The van der Waals surface area contributed by atoms with Gasteiger partial charge in [-0.3, -0.25) is 24.7 Å². The van der Waals surface area contributed by atoms with Crippen molar-refractivity contribution in [3.8, 4) is 0 Å². The quantitative estimate of drug-likeness (QED) is 0.261. The van der Waals surface area contributed by atoms with Crippen LogP contribution >= 0.6 is 0 Å². The van der Waals surface area contributed by atoms with Gasteiger partial charge in [0.1, 0.15) is 11.8 Å². The first kappa shape index (κ1) is 20.2. The Hall–Kier alpha value is -3.59. The van der Waals surface area contributed by atoms with Crippen LogP contribution in [0.15, 0.2) is 54.2 Å². The second-order valence-electron chi connectivity index (χ2n) is 6.86. The van der Waals surface area contributed by atoms with Crippen LogP contribution in [-0.4, -0.2) is 63.7 Å². The van der Waals surface area contributed by atoms with Crippen molar-refractivity contribution in [1.29, 1.82) is 0 Å². The maximum atomic E-state index is 12.8. The average Bonchev–Trinajstić information content (AvgIpc) is 2.97. The van der Waals surface area contributed by atoms with Gasteiger partial charge in [-0.05, 0) is 26.2 Å². The van der Waals surface area contributed by atoms with Gasteiger partial charge >= 0.3 is 0 Å². The largest absolute Gasteiger partial charge is 0.507 e. The van der Waals surface area contributed by atoms with E-state index in [1.165, 1.54) is 29.3 Å². The molecule has 1 amide bonds. The topological polar surface area (TPSA) is 117 Å². The second-order valence-corrected chi connectivity index (χ2v) is 6.86. The molecule has 29 heavy (non-hydrogen) atoms. The summed E-state index contributed by atoms with van der Waals surface area (Å²) in [6.45, 7) is 0.762. The van der Waals surface area contributed by atoms with Gasteiger partial charge in [-0.15, -0.1) is 0 Å². The molecule has 9 nitrogen and oxygen atoms in total. The first-order valence-corrected chi connectivity index (χ1v) is 8.90. The lowest BCUT2D eigenvalue weighted by Gasteiger charge is -2.25. The molecule has 3 rings (SSSR count). The number of pyridine rings is 1. The third kappa shape index (κ3) is 3.99. The van der Waals surface area contributed by atoms with Gasteiger partial charge in [-0.2, -0.15) is 0 Å². The molecule has 0 saturated carbocycles. The number of aliphatic hydroxyl groups is 1. The number of nitrogens with zero attached hydrogens (tertiary/aromatic N) is 4. The third-order valence-electron chi connectivity index (χ3n) is 4.63. The van der Waals surface area contributed by atoms with E-state index >= 15 is 0 Å². The number of rotatable bonds is 6. The predicted molar refractivity (Wildman–Crippen MR) is 105 cm³/mol. The van der Waals surface area contributed by atoms with Crippen LogP contribution in [0.25, 0.3) is 5.76 Å². The number of aliphatic hydroxyl groups excluding tert-OH is 1. The zero-order valence-electron chi connectivity index (χ0n) is 16.0. The Balaban J connectivity index is 2.15. The fourth-order valence-corrected chi connectivity index (χ4v) is 3.19. The number of carbonyl (C=O) groups is 2. The number of likely N-dealkylation sites (N-methyl/N-ethyl adjacent to an activating group) is 1. The van der Waals surface area contributed by atoms with E-state index in [1.807, 2.05) is 19.0 Å². The number of nitro benzene ring substituents is 1. The highest BCUT2D eigenvalue weighted by atomic mass is 16.6. The molecule has 150 valence electrons. The van der Waals surface area contributed by atoms with Crippen LogP contribution in [0.1, 0.15) is 17.3 Å². The van der Waals surface area contributed by atoms with Crippen LogP contribution in [-0.2, 0) is 9.59 Å². The zero-order chi connectivity index (χ0) is 21.1. The lowest BCUT2D eigenvalue weighted by Crippen LogP contribution is -2.35. The lowest BCUT2D eigenvalue weighted by molar-refractivity contribution is -0.384. The number of hydrogen-bond acceptors (Lipinski definition) is 7. The number of aromatic nitrogens is 1. The van der Waals surface area contributed by atoms with E-state index in [-0.39, 0.29) is 23.4 Å². The summed E-state index contributed by atoms with van der Waals surface area (Å²) in [5.74, 6) is -2.05. The van der Waals surface area contributed by atoms with Crippen molar-refractivity contribution in [2.75, 3.05) is 27.2 Å². The highest BCUT2D eigenvalue weighted by molar-refractivity contribution is 6.46. The molecule has 1 aromatic carbocycles. The van der Waals surface area contributed by atoms with E-state index in [0.717, 1.165) is 6.07 Å². The van der Waals surface area contributed by atoms with Crippen molar-refractivity contribution >= 4 is 23.1 Å². The van der Waals surface area contributed by atoms with Gasteiger partial charge in [0, 0.05) is 37.0 Å². The van der Waals surface area contributed by atoms with Crippen molar-refractivity contribution in [3.05, 3.63) is 75.6 Å². The normalized spacial score (nSPS) is 18.4. The highest BCUT2D eigenvalue weighted by Crippen LogP contribution is 2.38. The Morgan fingerprint density at radius 3 is 2.62 bits per heavy atom. The van der Waals surface area contributed by atoms with E-state index < -0.39 is 28.4 Å². The number of hydrogen-bond donors (Lipinski definition) is 1. The van der Waals surface area contributed by atoms with Gasteiger partial charge in [0.25, 0.3) is 17.4 Å². The number of ketones is 1. The molecular formula is C20H20N4O5. The number of carbonyl (C=O) groups excluding carboxylic acids is 2. The van der Waals surface area contributed by atoms with Gasteiger partial charge in [-0.25, -0.2) is 0 Å². The lowest BCUT2D eigenvalue weighted by atomic mass is 9.98. The number of benzene rings is 1. The van der Waals surface area contributed by atoms with Crippen molar-refractivity contribution in [2.45, 2.75) is 6.04 Å². The van der Waals surface area contributed by atoms with Crippen molar-refractivity contribution < 1.29 is 19.6 Å². The Bertz CT molecular complexity index is 987. The molecule has 1 atom stereocenters. The van der Waals surface area contributed by atoms with Crippen LogP contribution in [0, 0.1) is 10.1 Å². The fraction of sp³-hybridized carbons (Fsp3) is 0.250. The summed E-state index contributed by atoms with van der Waals surface area (Å²) in [7, 11) is 3.69. The Labute approximate surface area is 167 Å². The van der Waals surface area contributed by atoms with Crippen LogP contribution in [0.2, 0.25) is 0 Å². The summed E-state index contributed by atoms with van der Waals surface area (Å²) >= 11 is 0. The molecule has 9 heteroatoms. The van der Waals surface area contributed by atoms with E-state index in [0.29, 0.717) is 12.2 Å². The number of nitro groups is 1. The van der Waals surface area contributed by atoms with Gasteiger partial charge in [0.2, 0.25) is 0 Å². The molecule has 1 saturated heterocycles. The number of non-ortho nitro benzene ring substituents is 1. The molecule has 0 spiro atoms. The molecule has 1 unspecified atom stereocenters. The van der Waals surface area contributed by atoms with Gasteiger partial charge in [0.05, 0.1) is 16.2 Å². The van der Waals surface area contributed by atoms with E-state index in [2.05, 4.69) is 4.98 Å². The van der Waals surface area contributed by atoms with Gasteiger partial charge in [-0.1, -0.05) is 18.2 Å². The molecule has 1 N–H and O–H groups in total. The Morgan fingerprint density at radius 1 is 1.24 bits per heavy atom. The second kappa shape index (κ2) is 8.19. The van der Waals surface area contributed by atoms with Crippen molar-refractivity contribution in [2.24, 2.45) is 0 Å². The van der Waals surface area contributed by atoms with Crippen LogP contribution in [0.4, 0.5) is 5.69 Å². The maximum absolute atomic E-state index is 12.8. The number of likely N-dealkylation sites (tertiary alicyclic amines) is 1. The maximum Gasteiger partial charge on any atom is 0.295 e. The third-order valence-corrected chi connectivity index (χ3v) is 4.63. The minimum Gasteiger partial charge on any atom is -0.507 e. The van der Waals surface area contributed by atoms with Gasteiger partial charge in [0.15, 0.2) is 0 Å². The van der Waals surface area contributed by atoms with Crippen LogP contribution in [0.5, 0.6) is 0 Å². The molecule has 2 aromatic rings. The molecule has 1 fully saturated rings. The van der Waals surface area contributed by atoms with E-state index in [9.17, 15) is 24.8 Å². The summed E-state index contributed by atoms with van der Waals surface area (Å²) in [6.07, 6.45) is 1.54. The summed E-state index contributed by atoms with van der Waals surface area (Å²) < 4.78 is 0. The fourth-order valence-electron chi connectivity index (χ4n) is 3.19. The molecule has 1 aliphatic heterocycles. The van der Waals surface area contributed by atoms with E-state index in [4.69, 9.17) is 0 Å². The Kier molecular flexibility index (Phi) is 5.69. The molecule has 0 radical (unpaired) electrons. The first-order chi connectivity index (χ1) is 13.8. The monoisotopic (exact) mass is 396 g/mol.